The lowest BCUT2D eigenvalue weighted by atomic mass is 10.1. The smallest absolute Gasteiger partial charge is 0.337 e. The van der Waals surface area contributed by atoms with E-state index in [0.29, 0.717) is 30.9 Å². The zero-order valence-corrected chi connectivity index (χ0v) is 19.7. The van der Waals surface area contributed by atoms with E-state index in [2.05, 4.69) is 10.3 Å². The molecule has 1 aliphatic heterocycles. The zero-order valence-electron chi connectivity index (χ0n) is 19.7. The number of carbonyl (C=O) groups excluding carboxylic acids is 2. The first-order valence-corrected chi connectivity index (χ1v) is 11.6. The Morgan fingerprint density at radius 1 is 1.12 bits per heavy atom. The fourth-order valence-corrected chi connectivity index (χ4v) is 4.24. The molecule has 1 fully saturated rings. The Bertz CT molecular complexity index is 1350. The van der Waals surface area contributed by atoms with Crippen LogP contribution < -0.4 is 16.6 Å². The first kappa shape index (κ1) is 23.4. The summed E-state index contributed by atoms with van der Waals surface area (Å²) in [5, 5.41) is 2.84. The second kappa shape index (κ2) is 9.62. The van der Waals surface area contributed by atoms with Crippen LogP contribution in [-0.2, 0) is 11.3 Å². The lowest BCUT2D eigenvalue weighted by molar-refractivity contribution is -0.122. The van der Waals surface area contributed by atoms with Crippen molar-refractivity contribution in [2.24, 2.45) is 0 Å². The molecule has 1 unspecified atom stereocenters. The van der Waals surface area contributed by atoms with E-state index in [9.17, 15) is 19.2 Å². The summed E-state index contributed by atoms with van der Waals surface area (Å²) in [4.78, 5) is 59.4. The Morgan fingerprint density at radius 3 is 2.44 bits per heavy atom. The first-order chi connectivity index (χ1) is 16.3. The number of fused-ring (bicyclic) bond motifs is 1. The number of rotatable bonds is 6. The highest BCUT2D eigenvalue weighted by molar-refractivity contribution is 6.05. The number of carbonyl (C=O) groups is 2. The largest absolute Gasteiger partial charge is 0.352 e. The molecule has 0 spiro atoms. The molecule has 4 rings (SSSR count). The van der Waals surface area contributed by atoms with Crippen LogP contribution in [0, 0.1) is 6.92 Å². The maximum Gasteiger partial charge on any atom is 0.337 e. The predicted molar refractivity (Wildman–Crippen MR) is 129 cm³/mol. The molecule has 1 N–H and O–H groups in total. The number of nitrogens with one attached hydrogen (secondary N) is 1. The maximum atomic E-state index is 13.6. The molecule has 1 saturated heterocycles. The fraction of sp³-hybridized carbons (Fsp3) is 0.400. The molecular weight excluding hydrogens is 434 g/mol. The van der Waals surface area contributed by atoms with E-state index >= 15 is 0 Å². The molecule has 34 heavy (non-hydrogen) atoms. The Kier molecular flexibility index (Phi) is 6.63. The second-order valence-corrected chi connectivity index (χ2v) is 8.73. The number of aryl methyl sites for hydroxylation is 1. The van der Waals surface area contributed by atoms with Crippen LogP contribution in [0.25, 0.3) is 16.7 Å². The molecule has 178 valence electrons. The van der Waals surface area contributed by atoms with E-state index in [1.807, 2.05) is 19.9 Å². The van der Waals surface area contributed by atoms with E-state index in [1.165, 1.54) is 4.57 Å². The molecule has 0 radical (unpaired) electrons. The van der Waals surface area contributed by atoms with E-state index < -0.39 is 23.7 Å². The van der Waals surface area contributed by atoms with Crippen molar-refractivity contribution < 1.29 is 9.59 Å². The highest BCUT2D eigenvalue weighted by Crippen LogP contribution is 2.21. The normalized spacial score (nSPS) is 14.4. The lowest BCUT2D eigenvalue weighted by Gasteiger charge is -2.19. The molecule has 2 amide bonds. The number of hydrogen-bond acceptors (Lipinski definition) is 5. The van der Waals surface area contributed by atoms with Crippen LogP contribution in [0.4, 0.5) is 0 Å². The SMILES string of the molecule is CCC(C)NC(=O)Cn1c(=O)c2c(C(=O)N3CCCC3)cc(C)nc2n(-c2ccccc2)c1=O. The van der Waals surface area contributed by atoms with Gasteiger partial charge >= 0.3 is 5.69 Å². The third-order valence-corrected chi connectivity index (χ3v) is 6.18. The van der Waals surface area contributed by atoms with Gasteiger partial charge in [0.25, 0.3) is 11.5 Å². The minimum absolute atomic E-state index is 0.0438. The van der Waals surface area contributed by atoms with Crippen LogP contribution >= 0.6 is 0 Å². The summed E-state index contributed by atoms with van der Waals surface area (Å²) in [5.74, 6) is -0.709. The van der Waals surface area contributed by atoms with Gasteiger partial charge in [0, 0.05) is 24.8 Å². The summed E-state index contributed by atoms with van der Waals surface area (Å²) >= 11 is 0. The van der Waals surface area contributed by atoms with Crippen molar-refractivity contribution in [3.63, 3.8) is 0 Å². The first-order valence-electron chi connectivity index (χ1n) is 11.6. The van der Waals surface area contributed by atoms with Crippen LogP contribution in [0.5, 0.6) is 0 Å². The number of aromatic nitrogens is 3. The minimum Gasteiger partial charge on any atom is -0.352 e. The van der Waals surface area contributed by atoms with Crippen molar-refractivity contribution >= 4 is 22.8 Å². The van der Waals surface area contributed by atoms with Crippen LogP contribution in [0.15, 0.2) is 46.0 Å². The Labute approximate surface area is 197 Å². The predicted octanol–water partition coefficient (Wildman–Crippen LogP) is 2.01. The van der Waals surface area contributed by atoms with Gasteiger partial charge in [-0.3, -0.25) is 14.4 Å². The number of pyridine rings is 1. The van der Waals surface area contributed by atoms with Crippen molar-refractivity contribution in [2.75, 3.05) is 13.1 Å². The van der Waals surface area contributed by atoms with Gasteiger partial charge in [-0.2, -0.15) is 0 Å². The summed E-state index contributed by atoms with van der Waals surface area (Å²) in [5.41, 5.74) is -0.0447. The standard InChI is InChI=1S/C25H29N5O4/c1-4-16(2)26-20(31)15-29-24(33)21-19(23(32)28-12-8-9-13-28)14-17(3)27-22(21)30(25(29)34)18-10-6-5-7-11-18/h5-7,10-11,14,16H,4,8-9,12-13,15H2,1-3H3,(H,26,31). The summed E-state index contributed by atoms with van der Waals surface area (Å²) in [6, 6.07) is 10.3. The van der Waals surface area contributed by atoms with Gasteiger partial charge in [-0.15, -0.1) is 0 Å². The van der Waals surface area contributed by atoms with E-state index in [-0.39, 0.29) is 28.5 Å². The topological polar surface area (TPSA) is 106 Å². The molecule has 9 nitrogen and oxygen atoms in total. The number of nitrogens with zero attached hydrogens (tertiary/aromatic N) is 4. The average Bonchev–Trinajstić information content (AvgIpc) is 3.36. The molecule has 1 aromatic carbocycles. The molecule has 0 aliphatic carbocycles. The van der Waals surface area contributed by atoms with E-state index in [0.717, 1.165) is 17.4 Å². The number of para-hydroxylation sites is 1. The number of benzene rings is 1. The molecule has 0 bridgehead atoms. The fourth-order valence-electron chi connectivity index (χ4n) is 4.24. The third-order valence-electron chi connectivity index (χ3n) is 6.18. The minimum atomic E-state index is -0.693. The van der Waals surface area contributed by atoms with Crippen molar-refractivity contribution in [3.05, 3.63) is 68.5 Å². The highest BCUT2D eigenvalue weighted by atomic mass is 16.2. The number of hydrogen-bond donors (Lipinski definition) is 1. The Balaban J connectivity index is 2.01. The van der Waals surface area contributed by atoms with Gasteiger partial charge in [0.2, 0.25) is 5.91 Å². The number of amides is 2. The molecule has 1 atom stereocenters. The maximum absolute atomic E-state index is 13.6. The molecule has 3 heterocycles. The Hall–Kier alpha value is -3.75. The third kappa shape index (κ3) is 4.37. The van der Waals surface area contributed by atoms with Gasteiger partial charge in [-0.1, -0.05) is 25.1 Å². The van der Waals surface area contributed by atoms with Gasteiger partial charge in [-0.05, 0) is 51.3 Å². The van der Waals surface area contributed by atoms with E-state index in [4.69, 9.17) is 0 Å². The number of likely N-dealkylation sites (tertiary alicyclic amines) is 1. The zero-order chi connectivity index (χ0) is 24.4. The van der Waals surface area contributed by atoms with Gasteiger partial charge in [0.05, 0.1) is 16.6 Å². The van der Waals surface area contributed by atoms with E-state index in [1.54, 1.807) is 42.2 Å². The van der Waals surface area contributed by atoms with Crippen molar-refractivity contribution in [2.45, 2.75) is 52.6 Å². The van der Waals surface area contributed by atoms with Gasteiger partial charge in [-0.25, -0.2) is 18.9 Å². The summed E-state index contributed by atoms with van der Waals surface area (Å²) in [6.07, 6.45) is 2.52. The van der Waals surface area contributed by atoms with Crippen LogP contribution in [0.2, 0.25) is 0 Å². The summed E-state index contributed by atoms with van der Waals surface area (Å²) in [7, 11) is 0. The van der Waals surface area contributed by atoms with Crippen molar-refractivity contribution in [1.29, 1.82) is 0 Å². The van der Waals surface area contributed by atoms with Crippen LogP contribution in [0.1, 0.15) is 49.2 Å². The lowest BCUT2D eigenvalue weighted by Crippen LogP contribution is -2.45. The van der Waals surface area contributed by atoms with Gasteiger partial charge in [0.15, 0.2) is 5.65 Å². The Morgan fingerprint density at radius 2 is 1.79 bits per heavy atom. The average molecular weight is 464 g/mol. The van der Waals surface area contributed by atoms with Crippen LogP contribution in [0.3, 0.4) is 0 Å². The van der Waals surface area contributed by atoms with Crippen molar-refractivity contribution in [1.82, 2.24) is 24.3 Å². The monoisotopic (exact) mass is 463 g/mol. The van der Waals surface area contributed by atoms with Crippen LogP contribution in [-0.4, -0.2) is 50.0 Å². The molecule has 9 heteroatoms. The summed E-state index contributed by atoms with van der Waals surface area (Å²) < 4.78 is 2.20. The molecular formula is C25H29N5O4. The quantitative estimate of drug-likeness (QED) is 0.602. The molecule has 3 aromatic rings. The highest BCUT2D eigenvalue weighted by Gasteiger charge is 2.27. The second-order valence-electron chi connectivity index (χ2n) is 8.73. The van der Waals surface area contributed by atoms with Crippen molar-refractivity contribution in [3.8, 4) is 5.69 Å². The van der Waals surface area contributed by atoms with Gasteiger partial charge in [0.1, 0.15) is 6.54 Å². The summed E-state index contributed by atoms with van der Waals surface area (Å²) in [6.45, 7) is 6.29. The molecule has 2 aromatic heterocycles. The molecule has 1 aliphatic rings. The molecule has 0 saturated carbocycles. The van der Waals surface area contributed by atoms with Gasteiger partial charge < -0.3 is 10.2 Å².